The molecule has 0 aliphatic heterocycles. The summed E-state index contributed by atoms with van der Waals surface area (Å²) in [4.78, 5) is 0.967. The number of aromatic nitrogens is 2. The summed E-state index contributed by atoms with van der Waals surface area (Å²) in [5, 5.41) is 4.26. The zero-order valence-corrected chi connectivity index (χ0v) is 17.3. The van der Waals surface area contributed by atoms with Crippen molar-refractivity contribution in [3.63, 3.8) is 0 Å². The third kappa shape index (κ3) is 5.48. The first kappa shape index (κ1) is 21.1. The van der Waals surface area contributed by atoms with Gasteiger partial charge in [0.05, 0.1) is 26.1 Å². The number of hydrogen-bond acceptors (Lipinski definition) is 5. The number of para-hydroxylation sites is 1. The first-order valence-electron chi connectivity index (χ1n) is 9.01. The standard InChI is InChI=1S/C21H23F2N3O2S/c1-25(14-16-8-9-17(27-2)11-19(16)28-3)29-20-7-5-4-6-18(20)26-13-15(12-24-26)10-21(22)23/h4-9,11-13,21H,10,14H2,1-3H3. The molecule has 8 heteroatoms. The lowest BCUT2D eigenvalue weighted by atomic mass is 10.2. The van der Waals surface area contributed by atoms with E-state index in [4.69, 9.17) is 9.47 Å². The Morgan fingerprint density at radius 1 is 1.14 bits per heavy atom. The van der Waals surface area contributed by atoms with E-state index in [1.165, 1.54) is 6.20 Å². The van der Waals surface area contributed by atoms with E-state index >= 15 is 0 Å². The molecule has 2 aromatic carbocycles. The SMILES string of the molecule is COc1ccc(CN(C)Sc2ccccc2-n2cc(CC(F)F)cn2)c(OC)c1. The molecule has 0 saturated heterocycles. The molecule has 0 aliphatic carbocycles. The van der Waals surface area contributed by atoms with Crippen molar-refractivity contribution in [3.8, 4) is 17.2 Å². The number of nitrogens with zero attached hydrogens (tertiary/aromatic N) is 3. The predicted octanol–water partition coefficient (Wildman–Crippen LogP) is 4.84. The van der Waals surface area contributed by atoms with Gasteiger partial charge in [0.2, 0.25) is 6.43 Å². The van der Waals surface area contributed by atoms with Gasteiger partial charge >= 0.3 is 0 Å². The summed E-state index contributed by atoms with van der Waals surface area (Å²) in [6.45, 7) is 0.641. The van der Waals surface area contributed by atoms with Gasteiger partial charge in [-0.3, -0.25) is 0 Å². The van der Waals surface area contributed by atoms with Gasteiger partial charge in [-0.2, -0.15) is 5.10 Å². The van der Waals surface area contributed by atoms with Crippen LogP contribution in [0.3, 0.4) is 0 Å². The molecule has 3 rings (SSSR count). The molecule has 0 atom stereocenters. The maximum atomic E-state index is 12.6. The minimum atomic E-state index is -2.39. The number of benzene rings is 2. The molecule has 0 saturated carbocycles. The van der Waals surface area contributed by atoms with Crippen molar-refractivity contribution in [1.29, 1.82) is 0 Å². The molecule has 0 spiro atoms. The van der Waals surface area contributed by atoms with Crippen molar-refractivity contribution >= 4 is 11.9 Å². The van der Waals surface area contributed by atoms with Gasteiger partial charge in [0.15, 0.2) is 0 Å². The van der Waals surface area contributed by atoms with Crippen LogP contribution in [0.1, 0.15) is 11.1 Å². The minimum Gasteiger partial charge on any atom is -0.497 e. The molecule has 0 aliphatic rings. The maximum Gasteiger partial charge on any atom is 0.242 e. The van der Waals surface area contributed by atoms with E-state index in [0.29, 0.717) is 12.1 Å². The number of methoxy groups -OCH3 is 2. The summed E-state index contributed by atoms with van der Waals surface area (Å²) in [6.07, 6.45) is 0.451. The minimum absolute atomic E-state index is 0.299. The number of ether oxygens (including phenoxy) is 2. The Kier molecular flexibility index (Phi) is 7.11. The Morgan fingerprint density at radius 3 is 2.66 bits per heavy atom. The predicted molar refractivity (Wildman–Crippen MR) is 110 cm³/mol. The molecule has 0 unspecified atom stereocenters. The fraction of sp³-hybridized carbons (Fsp3) is 0.286. The van der Waals surface area contributed by atoms with Crippen molar-refractivity contribution in [2.24, 2.45) is 0 Å². The summed E-state index contributed by atoms with van der Waals surface area (Å²) in [5.74, 6) is 1.50. The molecular formula is C21H23F2N3O2S. The molecule has 3 aromatic rings. The number of hydrogen-bond donors (Lipinski definition) is 0. The van der Waals surface area contributed by atoms with Gasteiger partial charge in [0.25, 0.3) is 0 Å². The molecule has 1 aromatic heterocycles. The zero-order chi connectivity index (χ0) is 20.8. The first-order valence-corrected chi connectivity index (χ1v) is 9.78. The quantitative estimate of drug-likeness (QED) is 0.464. The highest BCUT2D eigenvalue weighted by Gasteiger charge is 2.13. The van der Waals surface area contributed by atoms with E-state index < -0.39 is 6.43 Å². The number of rotatable bonds is 9. The van der Waals surface area contributed by atoms with Crippen molar-refractivity contribution < 1.29 is 18.3 Å². The number of halogens is 2. The van der Waals surface area contributed by atoms with Gasteiger partial charge in [-0.1, -0.05) is 18.2 Å². The Labute approximate surface area is 173 Å². The van der Waals surface area contributed by atoms with Crippen LogP contribution in [0, 0.1) is 0 Å². The van der Waals surface area contributed by atoms with Crippen molar-refractivity contribution in [1.82, 2.24) is 14.1 Å². The van der Waals surface area contributed by atoms with E-state index in [1.807, 2.05) is 49.5 Å². The molecule has 0 N–H and O–H groups in total. The van der Waals surface area contributed by atoms with Crippen LogP contribution >= 0.6 is 11.9 Å². The lowest BCUT2D eigenvalue weighted by Gasteiger charge is -2.19. The summed E-state index contributed by atoms with van der Waals surface area (Å²) >= 11 is 1.55. The normalized spacial score (nSPS) is 11.3. The molecule has 0 radical (unpaired) electrons. The monoisotopic (exact) mass is 419 g/mol. The molecule has 0 amide bonds. The van der Waals surface area contributed by atoms with Crippen LogP contribution in [0.2, 0.25) is 0 Å². The largest absolute Gasteiger partial charge is 0.497 e. The van der Waals surface area contributed by atoms with E-state index in [0.717, 1.165) is 27.6 Å². The van der Waals surface area contributed by atoms with Crippen molar-refractivity contribution in [2.45, 2.75) is 24.3 Å². The Morgan fingerprint density at radius 2 is 1.93 bits per heavy atom. The maximum absolute atomic E-state index is 12.6. The fourth-order valence-electron chi connectivity index (χ4n) is 2.92. The highest BCUT2D eigenvalue weighted by molar-refractivity contribution is 7.97. The van der Waals surface area contributed by atoms with Gasteiger partial charge < -0.3 is 9.47 Å². The molecule has 154 valence electrons. The highest BCUT2D eigenvalue weighted by atomic mass is 32.2. The van der Waals surface area contributed by atoms with Crippen LogP contribution in [0.15, 0.2) is 59.8 Å². The Hall–Kier alpha value is -2.58. The van der Waals surface area contributed by atoms with Crippen LogP contribution in [0.5, 0.6) is 11.5 Å². The second-order valence-electron chi connectivity index (χ2n) is 6.41. The smallest absolute Gasteiger partial charge is 0.242 e. The van der Waals surface area contributed by atoms with Gasteiger partial charge in [-0.05, 0) is 42.8 Å². The van der Waals surface area contributed by atoms with Gasteiger partial charge in [-0.25, -0.2) is 17.8 Å². The summed E-state index contributed by atoms with van der Waals surface area (Å²) in [6, 6.07) is 13.5. The van der Waals surface area contributed by atoms with E-state index in [-0.39, 0.29) is 6.42 Å². The Bertz CT molecular complexity index is 949. The third-order valence-corrected chi connectivity index (χ3v) is 5.26. The topological polar surface area (TPSA) is 39.5 Å². The summed E-state index contributed by atoms with van der Waals surface area (Å²) < 4.78 is 39.7. The molecule has 0 bridgehead atoms. The van der Waals surface area contributed by atoms with Gasteiger partial charge in [-0.15, -0.1) is 0 Å². The average Bonchev–Trinajstić information content (AvgIpc) is 3.16. The Balaban J connectivity index is 1.76. The van der Waals surface area contributed by atoms with Crippen molar-refractivity contribution in [3.05, 3.63) is 66.0 Å². The van der Waals surface area contributed by atoms with E-state index in [2.05, 4.69) is 9.40 Å². The molecular weight excluding hydrogens is 396 g/mol. The van der Waals surface area contributed by atoms with Gasteiger partial charge in [0, 0.05) is 35.7 Å². The zero-order valence-electron chi connectivity index (χ0n) is 16.5. The highest BCUT2D eigenvalue weighted by Crippen LogP contribution is 2.31. The van der Waals surface area contributed by atoms with Crippen LogP contribution in [0.4, 0.5) is 8.78 Å². The summed E-state index contributed by atoms with van der Waals surface area (Å²) in [7, 11) is 5.24. The molecule has 5 nitrogen and oxygen atoms in total. The van der Waals surface area contributed by atoms with E-state index in [9.17, 15) is 8.78 Å². The van der Waals surface area contributed by atoms with Crippen LogP contribution < -0.4 is 9.47 Å². The fourth-order valence-corrected chi connectivity index (χ4v) is 3.86. The second-order valence-corrected chi connectivity index (χ2v) is 7.66. The van der Waals surface area contributed by atoms with E-state index in [1.54, 1.807) is 37.0 Å². The molecule has 1 heterocycles. The second kappa shape index (κ2) is 9.76. The first-order chi connectivity index (χ1) is 14.0. The lowest BCUT2D eigenvalue weighted by Crippen LogP contribution is -2.10. The molecule has 29 heavy (non-hydrogen) atoms. The van der Waals surface area contributed by atoms with Gasteiger partial charge in [0.1, 0.15) is 11.5 Å². The van der Waals surface area contributed by atoms with Crippen LogP contribution in [0.25, 0.3) is 5.69 Å². The van der Waals surface area contributed by atoms with Crippen molar-refractivity contribution in [2.75, 3.05) is 21.3 Å². The molecule has 0 fully saturated rings. The van der Waals surface area contributed by atoms with Crippen LogP contribution in [-0.2, 0) is 13.0 Å². The third-order valence-electron chi connectivity index (χ3n) is 4.28. The average molecular weight is 419 g/mol. The summed E-state index contributed by atoms with van der Waals surface area (Å²) in [5.41, 5.74) is 2.38. The number of alkyl halides is 2. The lowest BCUT2D eigenvalue weighted by molar-refractivity contribution is 0.149. The van der Waals surface area contributed by atoms with Crippen LogP contribution in [-0.4, -0.2) is 41.8 Å².